The number of aryl methyl sites for hydroxylation is 1. The molecule has 7 heteroatoms. The Kier molecular flexibility index (Phi) is 6.17. The number of carbonyl (C=O) groups is 1. The van der Waals surface area contributed by atoms with Crippen LogP contribution in [0.4, 0.5) is 5.69 Å². The lowest BCUT2D eigenvalue weighted by molar-refractivity contribution is -0.119. The standard InChI is InChI=1S/C14H23N3O3S/c1-5-10-15-14(18)11-17(21(19,20)16(3)4)13-8-6-12(2)7-9-13/h6-9H,5,10-11H2,1-4H3,(H,15,18). The molecule has 1 N–H and O–H groups in total. The first-order valence-electron chi connectivity index (χ1n) is 6.82. The predicted molar refractivity (Wildman–Crippen MR) is 84.4 cm³/mol. The molecular formula is C14H23N3O3S. The summed E-state index contributed by atoms with van der Waals surface area (Å²) in [5.74, 6) is -0.317. The summed E-state index contributed by atoms with van der Waals surface area (Å²) < 4.78 is 27.0. The zero-order valence-corrected chi connectivity index (χ0v) is 13.8. The van der Waals surface area contributed by atoms with Crippen LogP contribution in [-0.4, -0.2) is 45.8 Å². The maximum absolute atomic E-state index is 12.4. The molecule has 0 saturated heterocycles. The summed E-state index contributed by atoms with van der Waals surface area (Å²) in [5.41, 5.74) is 1.50. The lowest BCUT2D eigenvalue weighted by Crippen LogP contribution is -2.45. The fourth-order valence-electron chi connectivity index (χ4n) is 1.66. The van der Waals surface area contributed by atoms with Gasteiger partial charge in [0.05, 0.1) is 5.69 Å². The van der Waals surface area contributed by atoms with E-state index in [1.807, 2.05) is 26.0 Å². The molecule has 1 aromatic carbocycles. The van der Waals surface area contributed by atoms with Crippen LogP contribution in [0.25, 0.3) is 0 Å². The molecule has 0 aromatic heterocycles. The van der Waals surface area contributed by atoms with E-state index in [2.05, 4.69) is 5.32 Å². The average molecular weight is 313 g/mol. The smallest absolute Gasteiger partial charge is 0.304 e. The molecule has 0 aliphatic carbocycles. The second-order valence-electron chi connectivity index (χ2n) is 4.98. The van der Waals surface area contributed by atoms with Crippen molar-refractivity contribution in [1.29, 1.82) is 0 Å². The Hall–Kier alpha value is -1.60. The Labute approximate surface area is 126 Å². The number of rotatable bonds is 7. The van der Waals surface area contributed by atoms with Crippen LogP contribution < -0.4 is 9.62 Å². The van der Waals surface area contributed by atoms with E-state index in [0.29, 0.717) is 12.2 Å². The largest absolute Gasteiger partial charge is 0.355 e. The first kappa shape index (κ1) is 17.5. The van der Waals surface area contributed by atoms with E-state index in [-0.39, 0.29) is 12.5 Å². The summed E-state index contributed by atoms with van der Waals surface area (Å²) in [7, 11) is -0.829. The summed E-state index contributed by atoms with van der Waals surface area (Å²) in [6, 6.07) is 7.03. The second-order valence-corrected chi connectivity index (χ2v) is 7.05. The molecule has 21 heavy (non-hydrogen) atoms. The molecule has 118 valence electrons. The van der Waals surface area contributed by atoms with Crippen molar-refractivity contribution in [3.05, 3.63) is 29.8 Å². The third-order valence-corrected chi connectivity index (χ3v) is 4.74. The van der Waals surface area contributed by atoms with Crippen LogP contribution in [0.3, 0.4) is 0 Å². The van der Waals surface area contributed by atoms with Gasteiger partial charge in [-0.15, -0.1) is 0 Å². The highest BCUT2D eigenvalue weighted by molar-refractivity contribution is 7.90. The Morgan fingerprint density at radius 2 is 1.76 bits per heavy atom. The minimum Gasteiger partial charge on any atom is -0.355 e. The third-order valence-electron chi connectivity index (χ3n) is 2.92. The van der Waals surface area contributed by atoms with Gasteiger partial charge in [-0.1, -0.05) is 24.6 Å². The number of hydrogen-bond acceptors (Lipinski definition) is 3. The molecule has 0 atom stereocenters. The highest BCUT2D eigenvalue weighted by atomic mass is 32.2. The number of anilines is 1. The third kappa shape index (κ3) is 4.71. The summed E-state index contributed by atoms with van der Waals surface area (Å²) in [4.78, 5) is 11.9. The van der Waals surface area contributed by atoms with Crippen LogP contribution in [-0.2, 0) is 15.0 Å². The second kappa shape index (κ2) is 7.42. The Morgan fingerprint density at radius 3 is 2.24 bits per heavy atom. The number of nitrogens with zero attached hydrogens (tertiary/aromatic N) is 2. The van der Waals surface area contributed by atoms with Gasteiger partial charge in [0, 0.05) is 20.6 Å². The van der Waals surface area contributed by atoms with Crippen molar-refractivity contribution in [3.8, 4) is 0 Å². The maximum atomic E-state index is 12.4. The van der Waals surface area contributed by atoms with Crippen molar-refractivity contribution in [1.82, 2.24) is 9.62 Å². The van der Waals surface area contributed by atoms with E-state index in [1.165, 1.54) is 14.1 Å². The SMILES string of the molecule is CCCNC(=O)CN(c1ccc(C)cc1)S(=O)(=O)N(C)C. The summed E-state index contributed by atoms with van der Waals surface area (Å²) >= 11 is 0. The zero-order valence-electron chi connectivity index (χ0n) is 13.0. The Morgan fingerprint density at radius 1 is 1.19 bits per heavy atom. The van der Waals surface area contributed by atoms with Gasteiger partial charge in [0.2, 0.25) is 5.91 Å². The van der Waals surface area contributed by atoms with E-state index in [9.17, 15) is 13.2 Å². The molecule has 0 bridgehead atoms. The van der Waals surface area contributed by atoms with E-state index in [1.54, 1.807) is 12.1 Å². The molecule has 1 amide bonds. The van der Waals surface area contributed by atoms with E-state index >= 15 is 0 Å². The van der Waals surface area contributed by atoms with Crippen molar-refractivity contribution in [2.45, 2.75) is 20.3 Å². The Balaban J connectivity index is 3.06. The monoisotopic (exact) mass is 313 g/mol. The first-order valence-corrected chi connectivity index (χ1v) is 8.22. The van der Waals surface area contributed by atoms with Gasteiger partial charge >= 0.3 is 10.2 Å². The van der Waals surface area contributed by atoms with Crippen LogP contribution in [0.5, 0.6) is 0 Å². The van der Waals surface area contributed by atoms with Gasteiger partial charge in [-0.2, -0.15) is 12.7 Å². The average Bonchev–Trinajstić information content (AvgIpc) is 2.43. The van der Waals surface area contributed by atoms with Crippen LogP contribution in [0.2, 0.25) is 0 Å². The van der Waals surface area contributed by atoms with Crippen LogP contribution in [0.1, 0.15) is 18.9 Å². The fraction of sp³-hybridized carbons (Fsp3) is 0.500. The molecule has 0 saturated carbocycles. The van der Waals surface area contributed by atoms with Crippen molar-refractivity contribution in [3.63, 3.8) is 0 Å². The highest BCUT2D eigenvalue weighted by Crippen LogP contribution is 2.19. The van der Waals surface area contributed by atoms with Crippen LogP contribution in [0.15, 0.2) is 24.3 Å². The normalized spacial score (nSPS) is 11.5. The summed E-state index contributed by atoms with van der Waals surface area (Å²) in [6.07, 6.45) is 0.802. The zero-order chi connectivity index (χ0) is 16.0. The van der Waals surface area contributed by atoms with Gasteiger partial charge in [0.1, 0.15) is 6.54 Å². The molecule has 0 spiro atoms. The minimum atomic E-state index is -3.72. The molecule has 1 aromatic rings. The summed E-state index contributed by atoms with van der Waals surface area (Å²) in [5, 5.41) is 2.69. The fourth-order valence-corrected chi connectivity index (χ4v) is 2.73. The molecule has 0 radical (unpaired) electrons. The van der Waals surface area contributed by atoms with Gasteiger partial charge < -0.3 is 5.32 Å². The number of amides is 1. The van der Waals surface area contributed by atoms with Crippen molar-refractivity contribution >= 4 is 21.8 Å². The number of carbonyl (C=O) groups excluding carboxylic acids is 1. The molecule has 0 aliphatic heterocycles. The topological polar surface area (TPSA) is 69.7 Å². The lowest BCUT2D eigenvalue weighted by atomic mass is 10.2. The van der Waals surface area contributed by atoms with Crippen LogP contribution >= 0.6 is 0 Å². The number of hydrogen-bond donors (Lipinski definition) is 1. The molecule has 0 fully saturated rings. The van der Waals surface area contributed by atoms with Crippen molar-refractivity contribution in [2.75, 3.05) is 31.5 Å². The van der Waals surface area contributed by atoms with Crippen molar-refractivity contribution in [2.24, 2.45) is 0 Å². The van der Waals surface area contributed by atoms with E-state index in [4.69, 9.17) is 0 Å². The molecule has 1 rings (SSSR count). The van der Waals surface area contributed by atoms with Gasteiger partial charge in [0.25, 0.3) is 0 Å². The van der Waals surface area contributed by atoms with Crippen molar-refractivity contribution < 1.29 is 13.2 Å². The van der Waals surface area contributed by atoms with Gasteiger partial charge in [-0.25, -0.2) is 4.31 Å². The van der Waals surface area contributed by atoms with E-state index in [0.717, 1.165) is 20.6 Å². The van der Waals surface area contributed by atoms with Gasteiger partial charge in [0.15, 0.2) is 0 Å². The quantitative estimate of drug-likeness (QED) is 0.820. The summed E-state index contributed by atoms with van der Waals surface area (Å²) in [6.45, 7) is 4.16. The Bertz CT molecular complexity index is 568. The predicted octanol–water partition coefficient (Wildman–Crippen LogP) is 1.13. The minimum absolute atomic E-state index is 0.233. The molecule has 0 aliphatic rings. The van der Waals surface area contributed by atoms with Gasteiger partial charge in [-0.3, -0.25) is 4.79 Å². The molecule has 0 heterocycles. The van der Waals surface area contributed by atoms with Gasteiger partial charge in [-0.05, 0) is 25.5 Å². The van der Waals surface area contributed by atoms with Crippen LogP contribution in [0, 0.1) is 6.92 Å². The first-order chi connectivity index (χ1) is 9.78. The lowest BCUT2D eigenvalue weighted by Gasteiger charge is -2.27. The molecule has 0 unspecified atom stereocenters. The van der Waals surface area contributed by atoms with E-state index < -0.39 is 10.2 Å². The molecule has 6 nitrogen and oxygen atoms in total. The number of benzene rings is 1. The highest BCUT2D eigenvalue weighted by Gasteiger charge is 2.26. The maximum Gasteiger partial charge on any atom is 0.304 e. The molecular weight excluding hydrogens is 290 g/mol. The number of nitrogens with one attached hydrogen (secondary N) is 1.